The molecule has 2 amide bonds. The van der Waals surface area contributed by atoms with Gasteiger partial charge in [0.2, 0.25) is 5.91 Å². The zero-order chi connectivity index (χ0) is 17.7. The van der Waals surface area contributed by atoms with Crippen molar-refractivity contribution in [3.63, 3.8) is 0 Å². The van der Waals surface area contributed by atoms with Gasteiger partial charge < -0.3 is 10.6 Å². The average Bonchev–Trinajstić information content (AvgIpc) is 2.55. The lowest BCUT2D eigenvalue weighted by Gasteiger charge is -2.15. The van der Waals surface area contributed by atoms with Crippen LogP contribution in [0.1, 0.15) is 42.6 Å². The number of carbonyl (C=O) groups excluding carboxylic acids is 2. The molecule has 0 saturated heterocycles. The quantitative estimate of drug-likeness (QED) is 0.853. The predicted octanol–water partition coefficient (Wildman–Crippen LogP) is 4.22. The molecule has 2 N–H and O–H groups in total. The van der Waals surface area contributed by atoms with Crippen molar-refractivity contribution in [3.8, 4) is 0 Å². The number of halogens is 1. The Hall–Kier alpha value is -2.33. The third-order valence-electron chi connectivity index (χ3n) is 3.69. The summed E-state index contributed by atoms with van der Waals surface area (Å²) in [5.41, 5.74) is 2.37. The number of amides is 2. The van der Waals surface area contributed by atoms with Crippen LogP contribution in [0.5, 0.6) is 0 Å². The van der Waals surface area contributed by atoms with Crippen molar-refractivity contribution in [2.75, 3.05) is 5.32 Å². The number of rotatable bonds is 5. The van der Waals surface area contributed by atoms with Crippen molar-refractivity contribution in [3.05, 3.63) is 64.7 Å². The first-order valence-corrected chi connectivity index (χ1v) is 8.22. The Morgan fingerprint density at radius 2 is 1.50 bits per heavy atom. The fourth-order valence-electron chi connectivity index (χ4n) is 2.15. The van der Waals surface area contributed by atoms with E-state index in [4.69, 9.17) is 11.6 Å². The van der Waals surface area contributed by atoms with Crippen LogP contribution in [0.3, 0.4) is 0 Å². The molecule has 5 heteroatoms. The molecule has 0 spiro atoms. The Balaban J connectivity index is 1.94. The molecule has 126 valence electrons. The third kappa shape index (κ3) is 4.83. The van der Waals surface area contributed by atoms with Gasteiger partial charge in [0.15, 0.2) is 0 Å². The Labute approximate surface area is 147 Å². The second-order valence-corrected chi connectivity index (χ2v) is 6.40. The van der Waals surface area contributed by atoms with E-state index in [2.05, 4.69) is 24.5 Å². The summed E-state index contributed by atoms with van der Waals surface area (Å²) in [6, 6.07) is 13.5. The average molecular weight is 345 g/mol. The molecule has 0 aliphatic carbocycles. The van der Waals surface area contributed by atoms with E-state index in [1.807, 2.05) is 24.3 Å². The summed E-state index contributed by atoms with van der Waals surface area (Å²) in [6.45, 7) is 5.87. The molecule has 1 atom stereocenters. The lowest BCUT2D eigenvalue weighted by atomic mass is 10.0. The van der Waals surface area contributed by atoms with Crippen LogP contribution in [-0.4, -0.2) is 17.9 Å². The third-order valence-corrected chi connectivity index (χ3v) is 3.94. The van der Waals surface area contributed by atoms with Crippen molar-refractivity contribution in [2.24, 2.45) is 0 Å². The topological polar surface area (TPSA) is 58.2 Å². The van der Waals surface area contributed by atoms with Crippen LogP contribution in [-0.2, 0) is 4.79 Å². The smallest absolute Gasteiger partial charge is 0.251 e. The van der Waals surface area contributed by atoms with Crippen LogP contribution < -0.4 is 10.6 Å². The number of nitrogens with one attached hydrogen (secondary N) is 2. The van der Waals surface area contributed by atoms with E-state index < -0.39 is 6.04 Å². The van der Waals surface area contributed by atoms with E-state index in [9.17, 15) is 9.59 Å². The van der Waals surface area contributed by atoms with Gasteiger partial charge in [-0.1, -0.05) is 37.6 Å². The van der Waals surface area contributed by atoms with Gasteiger partial charge in [0.1, 0.15) is 6.04 Å². The summed E-state index contributed by atoms with van der Waals surface area (Å²) in [7, 11) is 0. The first-order chi connectivity index (χ1) is 11.4. The maximum atomic E-state index is 12.2. The maximum Gasteiger partial charge on any atom is 0.251 e. The molecule has 0 heterocycles. The van der Waals surface area contributed by atoms with E-state index in [0.29, 0.717) is 22.2 Å². The highest BCUT2D eigenvalue weighted by atomic mass is 35.5. The van der Waals surface area contributed by atoms with Crippen LogP contribution in [0.15, 0.2) is 48.5 Å². The Kier molecular flexibility index (Phi) is 5.99. The van der Waals surface area contributed by atoms with Crippen molar-refractivity contribution in [1.29, 1.82) is 0 Å². The number of hydrogen-bond acceptors (Lipinski definition) is 2. The van der Waals surface area contributed by atoms with Gasteiger partial charge in [-0.05, 0) is 54.8 Å². The zero-order valence-electron chi connectivity index (χ0n) is 14.0. The number of anilines is 1. The summed E-state index contributed by atoms with van der Waals surface area (Å²) in [4.78, 5) is 24.3. The van der Waals surface area contributed by atoms with Crippen LogP contribution in [0.2, 0.25) is 5.02 Å². The molecular weight excluding hydrogens is 324 g/mol. The van der Waals surface area contributed by atoms with Crippen LogP contribution in [0.25, 0.3) is 0 Å². The maximum absolute atomic E-state index is 12.2. The van der Waals surface area contributed by atoms with E-state index >= 15 is 0 Å². The molecule has 0 fully saturated rings. The Morgan fingerprint density at radius 3 is 2.04 bits per heavy atom. The normalized spacial score (nSPS) is 11.9. The van der Waals surface area contributed by atoms with E-state index in [-0.39, 0.29) is 11.8 Å². The molecule has 0 aliphatic rings. The van der Waals surface area contributed by atoms with Crippen LogP contribution in [0, 0.1) is 0 Å². The van der Waals surface area contributed by atoms with E-state index in [1.54, 1.807) is 31.2 Å². The highest BCUT2D eigenvalue weighted by molar-refractivity contribution is 6.30. The fourth-order valence-corrected chi connectivity index (χ4v) is 2.27. The van der Waals surface area contributed by atoms with Crippen molar-refractivity contribution in [2.45, 2.75) is 32.7 Å². The predicted molar refractivity (Wildman–Crippen MR) is 97.5 cm³/mol. The number of benzene rings is 2. The molecule has 4 nitrogen and oxygen atoms in total. The van der Waals surface area contributed by atoms with Gasteiger partial charge in [-0.25, -0.2) is 0 Å². The molecule has 2 aromatic rings. The molecular formula is C19H21ClN2O2. The summed E-state index contributed by atoms with van der Waals surface area (Å²) in [5, 5.41) is 6.03. The largest absolute Gasteiger partial charge is 0.341 e. The molecule has 2 aromatic carbocycles. The fraction of sp³-hybridized carbons (Fsp3) is 0.263. The van der Waals surface area contributed by atoms with Gasteiger partial charge in [-0.15, -0.1) is 0 Å². The highest BCUT2D eigenvalue weighted by Crippen LogP contribution is 2.17. The van der Waals surface area contributed by atoms with Crippen molar-refractivity contribution in [1.82, 2.24) is 5.32 Å². The first kappa shape index (κ1) is 18.0. The molecule has 24 heavy (non-hydrogen) atoms. The second-order valence-electron chi connectivity index (χ2n) is 5.97. The Morgan fingerprint density at radius 1 is 0.917 bits per heavy atom. The zero-order valence-corrected chi connectivity index (χ0v) is 14.7. The standard InChI is InChI=1S/C19H21ClN2O2/c1-12(2)14-6-10-17(11-7-14)22-18(23)13(3)21-19(24)15-4-8-16(20)9-5-15/h4-13H,1-3H3,(H,21,24)(H,22,23). The van der Waals surface area contributed by atoms with Gasteiger partial charge in [0.25, 0.3) is 5.91 Å². The molecule has 1 unspecified atom stereocenters. The highest BCUT2D eigenvalue weighted by Gasteiger charge is 2.16. The summed E-state index contributed by atoms with van der Waals surface area (Å²) in [5.74, 6) is -0.147. The number of carbonyl (C=O) groups is 2. The minimum Gasteiger partial charge on any atom is -0.341 e. The summed E-state index contributed by atoms with van der Waals surface area (Å²) >= 11 is 5.80. The van der Waals surface area contributed by atoms with Crippen molar-refractivity contribution >= 4 is 29.1 Å². The second kappa shape index (κ2) is 7.97. The molecule has 0 radical (unpaired) electrons. The van der Waals surface area contributed by atoms with Crippen LogP contribution in [0.4, 0.5) is 5.69 Å². The summed E-state index contributed by atoms with van der Waals surface area (Å²) < 4.78 is 0. The Bertz CT molecular complexity index is 709. The monoisotopic (exact) mass is 344 g/mol. The molecule has 2 rings (SSSR count). The first-order valence-electron chi connectivity index (χ1n) is 7.84. The van der Waals surface area contributed by atoms with Gasteiger partial charge in [-0.3, -0.25) is 9.59 Å². The number of hydrogen-bond donors (Lipinski definition) is 2. The molecule has 0 bridgehead atoms. The van der Waals surface area contributed by atoms with E-state index in [1.165, 1.54) is 5.56 Å². The van der Waals surface area contributed by atoms with E-state index in [0.717, 1.165) is 0 Å². The minimum absolute atomic E-state index is 0.269. The molecule has 0 aliphatic heterocycles. The lowest BCUT2D eigenvalue weighted by Crippen LogP contribution is -2.41. The van der Waals surface area contributed by atoms with Crippen LogP contribution >= 0.6 is 11.6 Å². The molecule has 0 saturated carbocycles. The summed E-state index contributed by atoms with van der Waals surface area (Å²) in [6.07, 6.45) is 0. The van der Waals surface area contributed by atoms with Gasteiger partial charge in [0, 0.05) is 16.3 Å². The van der Waals surface area contributed by atoms with Gasteiger partial charge in [-0.2, -0.15) is 0 Å². The molecule has 0 aromatic heterocycles. The van der Waals surface area contributed by atoms with Crippen molar-refractivity contribution < 1.29 is 9.59 Å². The lowest BCUT2D eigenvalue weighted by molar-refractivity contribution is -0.117. The van der Waals surface area contributed by atoms with Gasteiger partial charge in [0.05, 0.1) is 0 Å². The SMILES string of the molecule is CC(NC(=O)c1ccc(Cl)cc1)C(=O)Nc1ccc(C(C)C)cc1. The minimum atomic E-state index is -0.655. The van der Waals surface area contributed by atoms with Gasteiger partial charge >= 0.3 is 0 Å².